The molecule has 27 heavy (non-hydrogen) atoms. The molecule has 2 fully saturated rings. The Kier molecular flexibility index (Phi) is 5.56. The molecule has 1 saturated heterocycles. The SMILES string of the molecule is Cc1nc(CNC2(C)CCSCC2)c2cc(C3CCC(C)(C)CC3)sc2n1. The second-order valence-electron chi connectivity index (χ2n) is 9.55. The molecular weight excluding hydrogens is 370 g/mol. The third-order valence-electron chi connectivity index (χ3n) is 6.62. The summed E-state index contributed by atoms with van der Waals surface area (Å²) in [6, 6.07) is 2.42. The molecule has 1 aliphatic heterocycles. The Hall–Kier alpha value is -0.650. The minimum atomic E-state index is 0.254. The summed E-state index contributed by atoms with van der Waals surface area (Å²) in [6.45, 7) is 10.1. The fraction of sp³-hybridized carbons (Fsp3) is 0.727. The van der Waals surface area contributed by atoms with Crippen molar-refractivity contribution in [2.24, 2.45) is 5.41 Å². The first-order chi connectivity index (χ1) is 12.8. The molecule has 148 valence electrons. The van der Waals surface area contributed by atoms with Crippen molar-refractivity contribution < 1.29 is 0 Å². The third-order valence-corrected chi connectivity index (χ3v) is 8.80. The molecule has 0 radical (unpaired) electrons. The van der Waals surface area contributed by atoms with Crippen LogP contribution in [0, 0.1) is 12.3 Å². The quantitative estimate of drug-likeness (QED) is 0.673. The topological polar surface area (TPSA) is 37.8 Å². The van der Waals surface area contributed by atoms with Crippen molar-refractivity contribution in [3.8, 4) is 0 Å². The summed E-state index contributed by atoms with van der Waals surface area (Å²) in [5, 5.41) is 5.12. The van der Waals surface area contributed by atoms with Crippen LogP contribution < -0.4 is 5.32 Å². The van der Waals surface area contributed by atoms with Gasteiger partial charge in [-0.05, 0) is 81.3 Å². The molecule has 2 aromatic rings. The molecule has 0 unspecified atom stereocenters. The summed E-state index contributed by atoms with van der Waals surface area (Å²) < 4.78 is 0. The van der Waals surface area contributed by atoms with Gasteiger partial charge in [-0.25, -0.2) is 9.97 Å². The smallest absolute Gasteiger partial charge is 0.127 e. The first kappa shape index (κ1) is 19.7. The van der Waals surface area contributed by atoms with Crippen molar-refractivity contribution >= 4 is 33.3 Å². The Morgan fingerprint density at radius 2 is 1.78 bits per heavy atom. The van der Waals surface area contributed by atoms with Crippen LogP contribution in [0.5, 0.6) is 0 Å². The largest absolute Gasteiger partial charge is 0.306 e. The van der Waals surface area contributed by atoms with Gasteiger partial charge in [0.1, 0.15) is 10.7 Å². The number of fused-ring (bicyclic) bond motifs is 1. The van der Waals surface area contributed by atoms with Gasteiger partial charge in [0.05, 0.1) is 5.69 Å². The van der Waals surface area contributed by atoms with Gasteiger partial charge in [-0.15, -0.1) is 11.3 Å². The third kappa shape index (κ3) is 4.51. The minimum Gasteiger partial charge on any atom is -0.306 e. The summed E-state index contributed by atoms with van der Waals surface area (Å²) >= 11 is 3.99. The van der Waals surface area contributed by atoms with Crippen molar-refractivity contribution in [2.45, 2.75) is 84.2 Å². The second-order valence-corrected chi connectivity index (χ2v) is 11.8. The van der Waals surface area contributed by atoms with Crippen LogP contribution in [0.25, 0.3) is 10.2 Å². The van der Waals surface area contributed by atoms with E-state index in [0.717, 1.165) is 12.4 Å². The molecule has 3 heterocycles. The number of aromatic nitrogens is 2. The number of nitrogens with zero attached hydrogens (tertiary/aromatic N) is 2. The highest BCUT2D eigenvalue weighted by molar-refractivity contribution is 7.99. The van der Waals surface area contributed by atoms with E-state index < -0.39 is 0 Å². The number of thiophene rings is 1. The molecule has 5 heteroatoms. The van der Waals surface area contributed by atoms with Gasteiger partial charge < -0.3 is 5.32 Å². The standard InChI is InChI=1S/C22H33N3S2/c1-15-24-18(14-23-22(4)9-11-26-12-10-22)17-13-19(27-20(17)25-15)16-5-7-21(2,3)8-6-16/h13,16,23H,5-12,14H2,1-4H3. The van der Waals surface area contributed by atoms with Crippen molar-refractivity contribution in [1.82, 2.24) is 15.3 Å². The second kappa shape index (κ2) is 7.64. The van der Waals surface area contributed by atoms with E-state index in [9.17, 15) is 0 Å². The van der Waals surface area contributed by atoms with Crippen LogP contribution in [-0.2, 0) is 6.54 Å². The van der Waals surface area contributed by atoms with Crippen molar-refractivity contribution in [2.75, 3.05) is 11.5 Å². The minimum absolute atomic E-state index is 0.254. The van der Waals surface area contributed by atoms with Crippen LogP contribution in [0.4, 0.5) is 0 Å². The van der Waals surface area contributed by atoms with Gasteiger partial charge in [0.15, 0.2) is 0 Å². The lowest BCUT2D eigenvalue weighted by Gasteiger charge is -2.34. The maximum atomic E-state index is 4.83. The van der Waals surface area contributed by atoms with E-state index in [1.165, 1.54) is 70.8 Å². The molecule has 0 bridgehead atoms. The van der Waals surface area contributed by atoms with Gasteiger partial charge in [0, 0.05) is 22.3 Å². The monoisotopic (exact) mass is 403 g/mol. The van der Waals surface area contributed by atoms with Crippen molar-refractivity contribution in [3.05, 3.63) is 22.5 Å². The van der Waals surface area contributed by atoms with E-state index in [1.54, 1.807) is 0 Å². The van der Waals surface area contributed by atoms with Crippen molar-refractivity contribution in [1.29, 1.82) is 0 Å². The van der Waals surface area contributed by atoms with Gasteiger partial charge in [-0.1, -0.05) is 13.8 Å². The van der Waals surface area contributed by atoms with E-state index in [-0.39, 0.29) is 5.54 Å². The Bertz CT molecular complexity index is 795. The van der Waals surface area contributed by atoms with Gasteiger partial charge in [0.25, 0.3) is 0 Å². The van der Waals surface area contributed by atoms with E-state index in [1.807, 2.05) is 18.3 Å². The number of hydrogen-bond donors (Lipinski definition) is 1. The molecule has 1 N–H and O–H groups in total. The molecule has 3 nitrogen and oxygen atoms in total. The highest BCUT2D eigenvalue weighted by atomic mass is 32.2. The Balaban J connectivity index is 1.55. The number of nitrogens with one attached hydrogen (secondary N) is 1. The average Bonchev–Trinajstić information content (AvgIpc) is 3.04. The molecule has 4 rings (SSSR count). The number of thioether (sulfide) groups is 1. The molecule has 1 aliphatic carbocycles. The number of rotatable bonds is 4. The zero-order valence-corrected chi connectivity index (χ0v) is 18.9. The fourth-order valence-electron chi connectivity index (χ4n) is 4.43. The summed E-state index contributed by atoms with van der Waals surface area (Å²) in [6.07, 6.45) is 7.79. The van der Waals surface area contributed by atoms with Gasteiger partial charge in [-0.2, -0.15) is 11.8 Å². The van der Waals surface area contributed by atoms with Crippen LogP contribution >= 0.6 is 23.1 Å². The molecular formula is C22H33N3S2. The Labute approximate surface area is 172 Å². The van der Waals surface area contributed by atoms with Crippen molar-refractivity contribution in [3.63, 3.8) is 0 Å². The average molecular weight is 404 g/mol. The lowest BCUT2D eigenvalue weighted by Crippen LogP contribution is -2.44. The van der Waals surface area contributed by atoms with Gasteiger partial charge in [-0.3, -0.25) is 0 Å². The maximum Gasteiger partial charge on any atom is 0.127 e. The first-order valence-corrected chi connectivity index (χ1v) is 12.4. The summed E-state index contributed by atoms with van der Waals surface area (Å²) in [4.78, 5) is 12.3. The van der Waals surface area contributed by atoms with E-state index in [0.29, 0.717) is 11.3 Å². The summed E-state index contributed by atoms with van der Waals surface area (Å²) in [5.74, 6) is 4.15. The fourth-order valence-corrected chi connectivity index (χ4v) is 7.09. The molecule has 0 spiro atoms. The first-order valence-electron chi connectivity index (χ1n) is 10.4. The maximum absolute atomic E-state index is 4.83. The molecule has 0 amide bonds. The molecule has 0 aromatic carbocycles. The zero-order chi connectivity index (χ0) is 19.1. The van der Waals surface area contributed by atoms with E-state index in [2.05, 4.69) is 43.9 Å². The predicted octanol–water partition coefficient (Wildman–Crippen LogP) is 6.06. The Morgan fingerprint density at radius 1 is 1.07 bits per heavy atom. The van der Waals surface area contributed by atoms with Crippen LogP contribution in [0.1, 0.15) is 81.6 Å². The van der Waals surface area contributed by atoms with Crippen LogP contribution in [0.15, 0.2) is 6.07 Å². The normalized spacial score (nSPS) is 23.0. The predicted molar refractivity (Wildman–Crippen MR) is 119 cm³/mol. The number of aryl methyl sites for hydroxylation is 1. The molecule has 2 aromatic heterocycles. The lowest BCUT2D eigenvalue weighted by atomic mass is 9.73. The number of hydrogen-bond acceptors (Lipinski definition) is 5. The van der Waals surface area contributed by atoms with Crippen LogP contribution in [-0.4, -0.2) is 27.0 Å². The Morgan fingerprint density at radius 3 is 2.48 bits per heavy atom. The summed E-state index contributed by atoms with van der Waals surface area (Å²) in [5.41, 5.74) is 1.96. The molecule has 2 aliphatic rings. The van der Waals surface area contributed by atoms with Gasteiger partial charge in [0.2, 0.25) is 0 Å². The highest BCUT2D eigenvalue weighted by Crippen LogP contribution is 2.45. The molecule has 1 saturated carbocycles. The lowest BCUT2D eigenvalue weighted by molar-refractivity contribution is 0.226. The van der Waals surface area contributed by atoms with E-state index in [4.69, 9.17) is 9.97 Å². The zero-order valence-electron chi connectivity index (χ0n) is 17.2. The highest BCUT2D eigenvalue weighted by Gasteiger charge is 2.30. The van der Waals surface area contributed by atoms with Gasteiger partial charge >= 0.3 is 0 Å². The van der Waals surface area contributed by atoms with E-state index >= 15 is 0 Å². The van der Waals surface area contributed by atoms with Crippen LogP contribution in [0.3, 0.4) is 0 Å². The summed E-state index contributed by atoms with van der Waals surface area (Å²) in [7, 11) is 0. The molecule has 0 atom stereocenters. The van der Waals surface area contributed by atoms with Crippen LogP contribution in [0.2, 0.25) is 0 Å².